The predicted octanol–water partition coefficient (Wildman–Crippen LogP) is -0.817. The van der Waals surface area contributed by atoms with Crippen molar-refractivity contribution >= 4 is 12.0 Å². The van der Waals surface area contributed by atoms with E-state index in [-0.39, 0.29) is 12.0 Å². The first-order valence-electron chi connectivity index (χ1n) is 3.25. The molecule has 0 aromatic carbocycles. The van der Waals surface area contributed by atoms with Crippen LogP contribution in [0.1, 0.15) is 0 Å². The van der Waals surface area contributed by atoms with E-state index in [0.29, 0.717) is 6.54 Å². The lowest BCUT2D eigenvalue weighted by Crippen LogP contribution is -2.37. The van der Waals surface area contributed by atoms with E-state index >= 15 is 0 Å². The molecule has 62 valence electrons. The summed E-state index contributed by atoms with van der Waals surface area (Å²) in [6.45, 7) is 0.335. The zero-order valence-corrected chi connectivity index (χ0v) is 6.46. The van der Waals surface area contributed by atoms with E-state index in [1.54, 1.807) is 7.05 Å². The summed E-state index contributed by atoms with van der Waals surface area (Å²) in [6.07, 6.45) is 0. The van der Waals surface area contributed by atoms with Crippen LogP contribution < -0.4 is 5.32 Å². The fraction of sp³-hybridized carbons (Fsp3) is 0.667. The maximum atomic E-state index is 10.9. The number of esters is 1. The van der Waals surface area contributed by atoms with Gasteiger partial charge in [0.15, 0.2) is 0 Å². The van der Waals surface area contributed by atoms with Crippen molar-refractivity contribution in [3.63, 3.8) is 0 Å². The normalized spacial score (nSPS) is 23.3. The lowest BCUT2D eigenvalue weighted by Gasteiger charge is -2.14. The first-order valence-corrected chi connectivity index (χ1v) is 3.25. The Labute approximate surface area is 64.3 Å². The number of rotatable bonds is 1. The van der Waals surface area contributed by atoms with E-state index < -0.39 is 6.04 Å². The zero-order chi connectivity index (χ0) is 8.43. The van der Waals surface area contributed by atoms with Crippen molar-refractivity contribution in [1.29, 1.82) is 0 Å². The van der Waals surface area contributed by atoms with Gasteiger partial charge in [0, 0.05) is 7.05 Å². The smallest absolute Gasteiger partial charge is 0.330 e. The first-order chi connectivity index (χ1) is 5.16. The molecule has 0 aromatic rings. The van der Waals surface area contributed by atoms with Crippen LogP contribution in [0.3, 0.4) is 0 Å². The third-order valence-corrected chi connectivity index (χ3v) is 1.71. The van der Waals surface area contributed by atoms with Gasteiger partial charge in [-0.25, -0.2) is 9.59 Å². The van der Waals surface area contributed by atoms with Gasteiger partial charge in [0.2, 0.25) is 0 Å². The second-order valence-corrected chi connectivity index (χ2v) is 2.34. The third kappa shape index (κ3) is 1.26. The minimum absolute atomic E-state index is 0.236. The van der Waals surface area contributed by atoms with Crippen molar-refractivity contribution < 1.29 is 14.3 Å². The molecule has 5 nitrogen and oxygen atoms in total. The molecule has 0 bridgehead atoms. The summed E-state index contributed by atoms with van der Waals surface area (Å²) < 4.78 is 4.48. The van der Waals surface area contributed by atoms with Gasteiger partial charge in [-0.3, -0.25) is 0 Å². The van der Waals surface area contributed by atoms with Gasteiger partial charge in [0.1, 0.15) is 6.04 Å². The first kappa shape index (κ1) is 7.84. The lowest BCUT2D eigenvalue weighted by molar-refractivity contribution is -0.144. The quantitative estimate of drug-likeness (QED) is 0.507. The molecule has 1 N–H and O–H groups in total. The van der Waals surface area contributed by atoms with Gasteiger partial charge in [0.25, 0.3) is 0 Å². The molecule has 1 saturated heterocycles. The molecule has 0 spiro atoms. The van der Waals surface area contributed by atoms with E-state index in [0.717, 1.165) is 0 Å². The Balaban J connectivity index is 2.61. The van der Waals surface area contributed by atoms with E-state index in [4.69, 9.17) is 0 Å². The summed E-state index contributed by atoms with van der Waals surface area (Å²) in [5.41, 5.74) is 0. The summed E-state index contributed by atoms with van der Waals surface area (Å²) in [6, 6.07) is -0.701. The maximum absolute atomic E-state index is 10.9. The summed E-state index contributed by atoms with van der Waals surface area (Å²) in [7, 11) is 2.86. The van der Waals surface area contributed by atoms with Crippen LogP contribution in [0.15, 0.2) is 0 Å². The molecule has 1 aliphatic rings. The van der Waals surface area contributed by atoms with Gasteiger partial charge in [-0.1, -0.05) is 0 Å². The Bertz CT molecular complexity index is 192. The number of ether oxygens (including phenoxy) is 1. The summed E-state index contributed by atoms with van der Waals surface area (Å²) in [5.74, 6) is -0.383. The van der Waals surface area contributed by atoms with Crippen LogP contribution in [-0.4, -0.2) is 43.6 Å². The highest BCUT2D eigenvalue weighted by Crippen LogP contribution is 2.04. The molecule has 1 aliphatic heterocycles. The minimum Gasteiger partial charge on any atom is -0.467 e. The van der Waals surface area contributed by atoms with Crippen molar-refractivity contribution in [2.75, 3.05) is 20.7 Å². The number of carbonyl (C=O) groups is 2. The van der Waals surface area contributed by atoms with Gasteiger partial charge in [0.05, 0.1) is 13.7 Å². The molecule has 1 fully saturated rings. The van der Waals surface area contributed by atoms with Crippen molar-refractivity contribution in [3.8, 4) is 0 Å². The van der Waals surface area contributed by atoms with Crippen LogP contribution in [0, 0.1) is 0 Å². The van der Waals surface area contributed by atoms with E-state index in [1.165, 1.54) is 12.0 Å². The van der Waals surface area contributed by atoms with Crippen LogP contribution in [0.4, 0.5) is 4.79 Å². The molecule has 0 saturated carbocycles. The lowest BCUT2D eigenvalue weighted by atomic mass is 10.3. The van der Waals surface area contributed by atoms with Gasteiger partial charge in [-0.2, -0.15) is 0 Å². The highest BCUT2D eigenvalue weighted by Gasteiger charge is 2.33. The van der Waals surface area contributed by atoms with Crippen LogP contribution in [0.2, 0.25) is 0 Å². The second-order valence-electron chi connectivity index (χ2n) is 2.34. The van der Waals surface area contributed by atoms with E-state index in [2.05, 4.69) is 10.1 Å². The molecular weight excluding hydrogens is 148 g/mol. The Morgan fingerprint density at radius 1 is 1.82 bits per heavy atom. The van der Waals surface area contributed by atoms with Crippen molar-refractivity contribution in [3.05, 3.63) is 0 Å². The van der Waals surface area contributed by atoms with Crippen LogP contribution >= 0.6 is 0 Å². The van der Waals surface area contributed by atoms with E-state index in [9.17, 15) is 9.59 Å². The topological polar surface area (TPSA) is 58.6 Å². The SMILES string of the molecule is COC(=O)[C@@H]1CNC(=O)N1C. The molecule has 0 unspecified atom stereocenters. The molecule has 1 heterocycles. The van der Waals surface area contributed by atoms with Gasteiger partial charge >= 0.3 is 12.0 Å². The standard InChI is InChI=1S/C6H10N2O3/c1-8-4(5(9)11-2)3-7-6(8)10/h4H,3H2,1-2H3,(H,7,10)/t4-/m0/s1. The molecule has 1 rings (SSSR count). The van der Waals surface area contributed by atoms with Crippen molar-refractivity contribution in [2.24, 2.45) is 0 Å². The number of urea groups is 1. The summed E-state index contributed by atoms with van der Waals surface area (Å²) in [4.78, 5) is 23.1. The molecule has 0 radical (unpaired) electrons. The number of nitrogens with one attached hydrogen (secondary N) is 1. The highest BCUT2D eigenvalue weighted by molar-refractivity contribution is 5.87. The number of amides is 2. The molecule has 1 atom stereocenters. The molecule has 0 aromatic heterocycles. The van der Waals surface area contributed by atoms with Crippen LogP contribution in [0.5, 0.6) is 0 Å². The summed E-state index contributed by atoms with van der Waals surface area (Å²) in [5, 5.41) is 2.52. The number of likely N-dealkylation sites (N-methyl/N-ethyl adjacent to an activating group) is 1. The predicted molar refractivity (Wildman–Crippen MR) is 37.0 cm³/mol. The average molecular weight is 158 g/mol. The van der Waals surface area contributed by atoms with Gasteiger partial charge in [-0.05, 0) is 0 Å². The summed E-state index contributed by atoms with van der Waals surface area (Å²) >= 11 is 0. The van der Waals surface area contributed by atoms with Crippen molar-refractivity contribution in [1.82, 2.24) is 10.2 Å². The highest BCUT2D eigenvalue weighted by atomic mass is 16.5. The molecule has 2 amide bonds. The zero-order valence-electron chi connectivity index (χ0n) is 6.46. The largest absolute Gasteiger partial charge is 0.467 e. The maximum Gasteiger partial charge on any atom is 0.330 e. The molecule has 11 heavy (non-hydrogen) atoms. The van der Waals surface area contributed by atoms with Gasteiger partial charge in [-0.15, -0.1) is 0 Å². The van der Waals surface area contributed by atoms with Crippen molar-refractivity contribution in [2.45, 2.75) is 6.04 Å². The number of hydrogen-bond donors (Lipinski definition) is 1. The number of nitrogens with zero attached hydrogens (tertiary/aromatic N) is 1. The second kappa shape index (κ2) is 2.77. The fourth-order valence-electron chi connectivity index (χ4n) is 0.965. The van der Waals surface area contributed by atoms with Gasteiger partial charge < -0.3 is 15.0 Å². The minimum atomic E-state index is -0.465. The van der Waals surface area contributed by atoms with E-state index in [1.807, 2.05) is 0 Å². The Morgan fingerprint density at radius 3 is 2.82 bits per heavy atom. The third-order valence-electron chi connectivity index (χ3n) is 1.71. The molecule has 5 heteroatoms. The fourth-order valence-corrected chi connectivity index (χ4v) is 0.965. The monoisotopic (exact) mass is 158 g/mol. The Kier molecular flexibility index (Phi) is 1.98. The number of carbonyl (C=O) groups excluding carboxylic acids is 2. The average Bonchev–Trinajstić information content (AvgIpc) is 2.32. The van der Waals surface area contributed by atoms with Crippen LogP contribution in [0.25, 0.3) is 0 Å². The van der Waals surface area contributed by atoms with Crippen LogP contribution in [-0.2, 0) is 9.53 Å². The molecular formula is C6H10N2O3. The molecule has 0 aliphatic carbocycles. The number of methoxy groups -OCH3 is 1. The Morgan fingerprint density at radius 2 is 2.45 bits per heavy atom. The Hall–Kier alpha value is -1.26. The number of hydrogen-bond acceptors (Lipinski definition) is 3.